The van der Waals surface area contributed by atoms with Crippen LogP contribution in [0.1, 0.15) is 31.5 Å². The highest BCUT2D eigenvalue weighted by Crippen LogP contribution is 2.22. The summed E-state index contributed by atoms with van der Waals surface area (Å²) in [6.45, 7) is 4.45. The van der Waals surface area contributed by atoms with Crippen LogP contribution in [0.3, 0.4) is 0 Å². The highest BCUT2D eigenvalue weighted by atomic mass is 16.4. The second-order valence-corrected chi connectivity index (χ2v) is 5.25. The number of nitrogens with one attached hydrogen (secondary N) is 2. The van der Waals surface area contributed by atoms with E-state index in [-0.39, 0.29) is 19.0 Å². The molecule has 0 saturated heterocycles. The first-order valence-corrected chi connectivity index (χ1v) is 6.19. The van der Waals surface area contributed by atoms with Gasteiger partial charge in [0.1, 0.15) is 6.04 Å². The van der Waals surface area contributed by atoms with Crippen molar-refractivity contribution >= 4 is 5.97 Å². The standard InChI is InChI=1S/C12H17N3O4/c1-6(2)3-9(11(17)18)15-4-7-8(5-15)13-12(19)14-10(7)16/h6,9H,3-5H2,1-2H3,(H,17,18)(H2,13,14,16,19). The fourth-order valence-electron chi connectivity index (χ4n) is 2.40. The van der Waals surface area contributed by atoms with Gasteiger partial charge in [-0.1, -0.05) is 13.8 Å². The van der Waals surface area contributed by atoms with Crippen molar-refractivity contribution in [1.82, 2.24) is 14.9 Å². The Labute approximate surface area is 109 Å². The van der Waals surface area contributed by atoms with Crippen LogP contribution in [-0.2, 0) is 17.9 Å². The molecule has 0 spiro atoms. The minimum atomic E-state index is -0.903. The maximum absolute atomic E-state index is 11.6. The fourth-order valence-corrected chi connectivity index (χ4v) is 2.40. The monoisotopic (exact) mass is 267 g/mol. The van der Waals surface area contributed by atoms with E-state index < -0.39 is 23.3 Å². The first-order chi connectivity index (χ1) is 8.88. The van der Waals surface area contributed by atoms with E-state index >= 15 is 0 Å². The average molecular weight is 267 g/mol. The van der Waals surface area contributed by atoms with Gasteiger partial charge in [0.25, 0.3) is 5.56 Å². The third kappa shape index (κ3) is 2.76. The summed E-state index contributed by atoms with van der Waals surface area (Å²) in [5.41, 5.74) is -0.0189. The molecule has 1 aromatic heterocycles. The van der Waals surface area contributed by atoms with E-state index in [0.717, 1.165) is 0 Å². The second kappa shape index (κ2) is 5.00. The van der Waals surface area contributed by atoms with Crippen LogP contribution in [0.2, 0.25) is 0 Å². The van der Waals surface area contributed by atoms with E-state index in [2.05, 4.69) is 9.97 Å². The number of aliphatic carboxylic acids is 1. The molecular weight excluding hydrogens is 250 g/mol. The number of carbonyl (C=O) groups is 1. The van der Waals surface area contributed by atoms with Crippen molar-refractivity contribution in [2.75, 3.05) is 0 Å². The number of hydrogen-bond acceptors (Lipinski definition) is 4. The molecule has 0 fully saturated rings. The van der Waals surface area contributed by atoms with Gasteiger partial charge in [-0.05, 0) is 12.3 Å². The van der Waals surface area contributed by atoms with Crippen LogP contribution in [0.5, 0.6) is 0 Å². The van der Waals surface area contributed by atoms with Crippen molar-refractivity contribution in [2.45, 2.75) is 39.4 Å². The first-order valence-electron chi connectivity index (χ1n) is 6.19. The zero-order valence-corrected chi connectivity index (χ0v) is 10.9. The molecule has 19 heavy (non-hydrogen) atoms. The molecule has 1 aliphatic heterocycles. The molecule has 7 heteroatoms. The molecule has 0 bridgehead atoms. The molecule has 2 heterocycles. The predicted octanol–water partition coefficient (Wildman–Crippen LogP) is -0.122. The van der Waals surface area contributed by atoms with Gasteiger partial charge in [-0.3, -0.25) is 19.5 Å². The zero-order chi connectivity index (χ0) is 14.2. The van der Waals surface area contributed by atoms with Gasteiger partial charge in [-0.15, -0.1) is 0 Å². The number of nitrogens with zero attached hydrogens (tertiary/aromatic N) is 1. The van der Waals surface area contributed by atoms with Crippen LogP contribution in [0, 0.1) is 5.92 Å². The molecule has 2 rings (SSSR count). The average Bonchev–Trinajstić information content (AvgIpc) is 2.68. The number of hydrogen-bond donors (Lipinski definition) is 3. The third-order valence-corrected chi connectivity index (χ3v) is 3.27. The zero-order valence-electron chi connectivity index (χ0n) is 10.9. The topological polar surface area (TPSA) is 106 Å². The molecular formula is C12H17N3O4. The predicted molar refractivity (Wildman–Crippen MR) is 67.8 cm³/mol. The lowest BCUT2D eigenvalue weighted by Crippen LogP contribution is -2.39. The van der Waals surface area contributed by atoms with E-state index in [1.165, 1.54) is 0 Å². The second-order valence-electron chi connectivity index (χ2n) is 5.25. The van der Waals surface area contributed by atoms with E-state index in [9.17, 15) is 19.5 Å². The van der Waals surface area contributed by atoms with Gasteiger partial charge in [0.2, 0.25) is 0 Å². The van der Waals surface area contributed by atoms with E-state index in [0.29, 0.717) is 17.7 Å². The Kier molecular flexibility index (Phi) is 3.57. The van der Waals surface area contributed by atoms with Gasteiger partial charge in [0, 0.05) is 18.8 Å². The van der Waals surface area contributed by atoms with E-state index in [1.807, 2.05) is 13.8 Å². The smallest absolute Gasteiger partial charge is 0.325 e. The summed E-state index contributed by atoms with van der Waals surface area (Å²) in [6.07, 6.45) is 0.505. The van der Waals surface area contributed by atoms with Crippen molar-refractivity contribution in [2.24, 2.45) is 5.92 Å². The number of rotatable bonds is 4. The number of aromatic amines is 2. The van der Waals surface area contributed by atoms with Crippen molar-refractivity contribution in [3.63, 3.8) is 0 Å². The summed E-state index contributed by atoms with van der Waals surface area (Å²) in [6, 6.07) is -0.643. The molecule has 104 valence electrons. The summed E-state index contributed by atoms with van der Waals surface area (Å²) >= 11 is 0. The van der Waals surface area contributed by atoms with E-state index in [4.69, 9.17) is 0 Å². The van der Waals surface area contributed by atoms with Crippen LogP contribution in [0.4, 0.5) is 0 Å². The van der Waals surface area contributed by atoms with Crippen molar-refractivity contribution in [3.05, 3.63) is 32.1 Å². The van der Waals surface area contributed by atoms with Crippen molar-refractivity contribution in [3.8, 4) is 0 Å². The highest BCUT2D eigenvalue weighted by molar-refractivity contribution is 5.73. The quantitative estimate of drug-likeness (QED) is 0.705. The van der Waals surface area contributed by atoms with Crippen molar-refractivity contribution < 1.29 is 9.90 Å². The summed E-state index contributed by atoms with van der Waals surface area (Å²) in [4.78, 5) is 40.6. The van der Waals surface area contributed by atoms with E-state index in [1.54, 1.807) is 4.90 Å². The number of H-pyrrole nitrogens is 2. The lowest BCUT2D eigenvalue weighted by atomic mass is 10.0. The van der Waals surface area contributed by atoms with Crippen LogP contribution in [-0.4, -0.2) is 32.0 Å². The first kappa shape index (κ1) is 13.5. The van der Waals surface area contributed by atoms with Gasteiger partial charge in [0.05, 0.1) is 5.56 Å². The Hall–Kier alpha value is -1.89. The maximum Gasteiger partial charge on any atom is 0.325 e. The largest absolute Gasteiger partial charge is 0.480 e. The van der Waals surface area contributed by atoms with Gasteiger partial charge in [0.15, 0.2) is 0 Å². The van der Waals surface area contributed by atoms with Crippen LogP contribution in [0.15, 0.2) is 9.59 Å². The Morgan fingerprint density at radius 2 is 2.00 bits per heavy atom. The van der Waals surface area contributed by atoms with Gasteiger partial charge in [-0.2, -0.15) is 0 Å². The number of fused-ring (bicyclic) bond motifs is 1. The van der Waals surface area contributed by atoms with Crippen LogP contribution < -0.4 is 11.2 Å². The molecule has 7 nitrogen and oxygen atoms in total. The maximum atomic E-state index is 11.6. The Morgan fingerprint density at radius 3 is 2.58 bits per heavy atom. The summed E-state index contributed by atoms with van der Waals surface area (Å²) in [5.74, 6) is -0.664. The van der Waals surface area contributed by atoms with Crippen LogP contribution >= 0.6 is 0 Å². The van der Waals surface area contributed by atoms with Crippen molar-refractivity contribution in [1.29, 1.82) is 0 Å². The van der Waals surface area contributed by atoms with Crippen LogP contribution in [0.25, 0.3) is 0 Å². The molecule has 1 atom stereocenters. The molecule has 1 unspecified atom stereocenters. The molecule has 3 N–H and O–H groups in total. The van der Waals surface area contributed by atoms with Gasteiger partial charge < -0.3 is 10.1 Å². The highest BCUT2D eigenvalue weighted by Gasteiger charge is 2.32. The molecule has 0 aliphatic carbocycles. The Bertz CT molecular complexity index is 602. The summed E-state index contributed by atoms with van der Waals surface area (Å²) in [7, 11) is 0. The number of carboxylic acids is 1. The molecule has 1 aromatic rings. The summed E-state index contributed by atoms with van der Waals surface area (Å²) < 4.78 is 0. The number of carboxylic acid groups (broad SMARTS) is 1. The SMILES string of the molecule is CC(C)CC(C(=O)O)N1Cc2[nH]c(=O)[nH]c(=O)c2C1. The minimum absolute atomic E-state index is 0.238. The molecule has 1 aliphatic rings. The summed E-state index contributed by atoms with van der Waals surface area (Å²) in [5, 5.41) is 9.29. The molecule has 0 amide bonds. The Balaban J connectivity index is 2.27. The minimum Gasteiger partial charge on any atom is -0.480 e. The fraction of sp³-hybridized carbons (Fsp3) is 0.583. The molecule has 0 saturated carbocycles. The van der Waals surface area contributed by atoms with Gasteiger partial charge in [-0.25, -0.2) is 4.79 Å². The molecule has 0 aromatic carbocycles. The Morgan fingerprint density at radius 1 is 1.32 bits per heavy atom. The third-order valence-electron chi connectivity index (χ3n) is 3.27. The lowest BCUT2D eigenvalue weighted by molar-refractivity contribution is -0.144. The lowest BCUT2D eigenvalue weighted by Gasteiger charge is -2.24. The molecule has 0 radical (unpaired) electrons. The normalized spacial score (nSPS) is 16.6. The van der Waals surface area contributed by atoms with Gasteiger partial charge >= 0.3 is 11.7 Å². The number of aromatic nitrogens is 2.